The highest BCUT2D eigenvalue weighted by atomic mass is 35.5. The molecule has 2 aromatic carbocycles. The molecule has 1 heterocycles. The predicted molar refractivity (Wildman–Crippen MR) is 116 cm³/mol. The molecule has 0 spiro atoms. The monoisotopic (exact) mass is 396 g/mol. The minimum absolute atomic E-state index is 0.0615. The quantitative estimate of drug-likeness (QED) is 0.379. The van der Waals surface area contributed by atoms with Crippen LogP contribution in [-0.2, 0) is 0 Å². The van der Waals surface area contributed by atoms with Crippen LogP contribution < -0.4 is 10.1 Å². The van der Waals surface area contributed by atoms with Crippen LogP contribution in [0.15, 0.2) is 59.7 Å². The van der Waals surface area contributed by atoms with Gasteiger partial charge in [0.25, 0.3) is 0 Å². The topological polar surface area (TPSA) is 51.4 Å². The van der Waals surface area contributed by atoms with Gasteiger partial charge in [0.2, 0.25) is 5.88 Å². The van der Waals surface area contributed by atoms with Crippen LogP contribution in [0, 0.1) is 6.92 Å². The minimum Gasteiger partial charge on any atom is -0.437 e. The van der Waals surface area contributed by atoms with Gasteiger partial charge in [-0.25, -0.2) is 4.68 Å². The van der Waals surface area contributed by atoms with Gasteiger partial charge >= 0.3 is 0 Å². The Bertz CT molecular complexity index is 961. The highest BCUT2D eigenvalue weighted by molar-refractivity contribution is 6.30. The molecule has 0 fully saturated rings. The number of ether oxygens (including phenoxy) is 1. The largest absolute Gasteiger partial charge is 0.437 e. The molecule has 1 aromatic heterocycles. The zero-order valence-corrected chi connectivity index (χ0v) is 17.4. The van der Waals surface area contributed by atoms with Crippen molar-refractivity contribution in [1.82, 2.24) is 9.78 Å². The summed E-state index contributed by atoms with van der Waals surface area (Å²) in [6, 6.07) is 15.2. The number of nitrogens with zero attached hydrogens (tertiary/aromatic N) is 3. The Kier molecular flexibility index (Phi) is 6.05. The molecule has 146 valence electrons. The first-order chi connectivity index (χ1) is 13.4. The van der Waals surface area contributed by atoms with Crippen molar-refractivity contribution in [2.24, 2.45) is 4.99 Å². The second kappa shape index (κ2) is 8.48. The lowest BCUT2D eigenvalue weighted by atomic mass is 10.0. The lowest BCUT2D eigenvalue weighted by Crippen LogP contribution is -2.16. The van der Waals surface area contributed by atoms with Crippen LogP contribution in [0.5, 0.6) is 11.6 Å². The maximum Gasteiger partial charge on any atom is 0.238 e. The van der Waals surface area contributed by atoms with Crippen LogP contribution in [0.2, 0.25) is 5.02 Å². The van der Waals surface area contributed by atoms with Gasteiger partial charge in [-0.15, -0.1) is 5.10 Å². The van der Waals surface area contributed by atoms with Gasteiger partial charge in [0, 0.05) is 23.0 Å². The summed E-state index contributed by atoms with van der Waals surface area (Å²) in [6.45, 7) is 8.35. The molecule has 0 radical (unpaired) electrons. The van der Waals surface area contributed by atoms with Crippen LogP contribution in [0.25, 0.3) is 5.69 Å². The first-order valence-corrected chi connectivity index (χ1v) is 9.64. The Balaban J connectivity index is 1.67. The molecule has 1 N–H and O–H groups in total. The molecule has 6 heteroatoms. The van der Waals surface area contributed by atoms with E-state index < -0.39 is 0 Å². The van der Waals surface area contributed by atoms with E-state index in [1.165, 1.54) is 0 Å². The number of benzene rings is 2. The molecule has 0 aliphatic rings. The summed E-state index contributed by atoms with van der Waals surface area (Å²) in [5.41, 5.74) is 2.83. The summed E-state index contributed by atoms with van der Waals surface area (Å²) in [5, 5.41) is 8.38. The molecule has 0 unspecified atom stereocenters. The molecule has 0 amide bonds. The van der Waals surface area contributed by atoms with Gasteiger partial charge in [-0.3, -0.25) is 4.99 Å². The Labute approximate surface area is 171 Å². The van der Waals surface area contributed by atoms with Crippen molar-refractivity contribution < 1.29 is 4.74 Å². The highest BCUT2D eigenvalue weighted by Gasteiger charge is 2.11. The van der Waals surface area contributed by atoms with E-state index in [9.17, 15) is 0 Å². The lowest BCUT2D eigenvalue weighted by Gasteiger charge is -2.16. The zero-order valence-electron chi connectivity index (χ0n) is 16.6. The van der Waals surface area contributed by atoms with E-state index in [-0.39, 0.29) is 5.54 Å². The second-order valence-electron chi connectivity index (χ2n) is 7.23. The van der Waals surface area contributed by atoms with Gasteiger partial charge in [-0.05, 0) is 75.2 Å². The Morgan fingerprint density at radius 2 is 1.93 bits per heavy atom. The first-order valence-electron chi connectivity index (χ1n) is 9.27. The molecule has 3 aromatic rings. The summed E-state index contributed by atoms with van der Waals surface area (Å²) < 4.78 is 7.70. The fraction of sp³-hybridized carbons (Fsp3) is 0.273. The summed E-state index contributed by atoms with van der Waals surface area (Å²) >= 11 is 5.94. The molecule has 3 rings (SSSR count). The van der Waals surface area contributed by atoms with E-state index in [0.717, 1.165) is 29.1 Å². The number of anilines is 1. The SMILES string of the molecule is CCC(C)(C)N=CNc1ccc(Oc2ccn(-c3ccc(Cl)cc3)n2)c(C)c1. The van der Waals surface area contributed by atoms with Crippen molar-refractivity contribution in [1.29, 1.82) is 0 Å². The fourth-order valence-corrected chi connectivity index (χ4v) is 2.56. The number of aromatic nitrogens is 2. The van der Waals surface area contributed by atoms with E-state index in [4.69, 9.17) is 16.3 Å². The molecule has 0 bridgehead atoms. The summed E-state index contributed by atoms with van der Waals surface area (Å²) in [6.07, 6.45) is 4.60. The number of hydrogen-bond donors (Lipinski definition) is 1. The number of hydrogen-bond acceptors (Lipinski definition) is 3. The maximum absolute atomic E-state index is 5.95. The standard InChI is InChI=1S/C22H25ClN4O/c1-5-22(3,4)25-15-24-18-8-11-20(16(2)14-18)28-21-12-13-27(26-21)19-9-6-17(23)7-10-19/h6-15H,5H2,1-4H3,(H,24,25). The molecule has 5 nitrogen and oxygen atoms in total. The van der Waals surface area contributed by atoms with Crippen molar-refractivity contribution in [3.05, 3.63) is 65.3 Å². The molecule has 0 saturated heterocycles. The van der Waals surface area contributed by atoms with Gasteiger partial charge in [-0.1, -0.05) is 18.5 Å². The third kappa shape index (κ3) is 5.14. The average Bonchev–Trinajstić information content (AvgIpc) is 3.13. The molecular formula is C22H25ClN4O. The first kappa shape index (κ1) is 20.0. The second-order valence-corrected chi connectivity index (χ2v) is 7.66. The third-order valence-electron chi connectivity index (χ3n) is 4.56. The summed E-state index contributed by atoms with van der Waals surface area (Å²) in [7, 11) is 0. The molecule has 28 heavy (non-hydrogen) atoms. The van der Waals surface area contributed by atoms with E-state index in [2.05, 4.69) is 36.2 Å². The van der Waals surface area contributed by atoms with E-state index in [1.54, 1.807) is 11.0 Å². The van der Waals surface area contributed by atoms with Crippen molar-refractivity contribution in [3.63, 3.8) is 0 Å². The maximum atomic E-state index is 5.95. The zero-order chi connectivity index (χ0) is 20.1. The van der Waals surface area contributed by atoms with Gasteiger partial charge in [0.1, 0.15) is 5.75 Å². The van der Waals surface area contributed by atoms with Gasteiger partial charge < -0.3 is 10.1 Å². The Hall–Kier alpha value is -2.79. The van der Waals surface area contributed by atoms with Gasteiger partial charge in [0.15, 0.2) is 0 Å². The number of aliphatic imine (C=N–C) groups is 1. The van der Waals surface area contributed by atoms with E-state index in [0.29, 0.717) is 10.9 Å². The van der Waals surface area contributed by atoms with Crippen LogP contribution in [0.1, 0.15) is 32.8 Å². The Morgan fingerprint density at radius 3 is 2.61 bits per heavy atom. The number of aryl methyl sites for hydroxylation is 1. The molecule has 0 aliphatic heterocycles. The van der Waals surface area contributed by atoms with Crippen molar-refractivity contribution in [3.8, 4) is 17.3 Å². The van der Waals surface area contributed by atoms with Crippen LogP contribution in [-0.4, -0.2) is 21.7 Å². The van der Waals surface area contributed by atoms with Crippen molar-refractivity contribution in [2.75, 3.05) is 5.32 Å². The average molecular weight is 397 g/mol. The lowest BCUT2D eigenvalue weighted by molar-refractivity contribution is 0.454. The van der Waals surface area contributed by atoms with Crippen molar-refractivity contribution >= 4 is 23.6 Å². The Morgan fingerprint density at radius 1 is 1.18 bits per heavy atom. The smallest absolute Gasteiger partial charge is 0.238 e. The molecule has 0 aliphatic carbocycles. The van der Waals surface area contributed by atoms with E-state index >= 15 is 0 Å². The fourth-order valence-electron chi connectivity index (χ4n) is 2.44. The highest BCUT2D eigenvalue weighted by Crippen LogP contribution is 2.27. The van der Waals surface area contributed by atoms with Crippen LogP contribution >= 0.6 is 11.6 Å². The summed E-state index contributed by atoms with van der Waals surface area (Å²) in [4.78, 5) is 4.54. The number of rotatable bonds is 7. The number of nitrogens with one attached hydrogen (secondary N) is 1. The minimum atomic E-state index is -0.0615. The van der Waals surface area contributed by atoms with Gasteiger partial charge in [0.05, 0.1) is 17.6 Å². The van der Waals surface area contributed by atoms with E-state index in [1.807, 2.05) is 61.7 Å². The predicted octanol–water partition coefficient (Wildman–Crippen LogP) is 6.26. The third-order valence-corrected chi connectivity index (χ3v) is 4.81. The normalized spacial score (nSPS) is 11.8. The molecule has 0 saturated carbocycles. The molecular weight excluding hydrogens is 372 g/mol. The number of halogens is 1. The summed E-state index contributed by atoms with van der Waals surface area (Å²) in [5.74, 6) is 1.29. The van der Waals surface area contributed by atoms with Crippen molar-refractivity contribution in [2.45, 2.75) is 39.7 Å². The molecule has 0 atom stereocenters. The van der Waals surface area contributed by atoms with Gasteiger partial charge in [-0.2, -0.15) is 0 Å². The van der Waals surface area contributed by atoms with Crippen LogP contribution in [0.3, 0.4) is 0 Å². The van der Waals surface area contributed by atoms with Crippen LogP contribution in [0.4, 0.5) is 5.69 Å².